The standard InChI is InChI=1S/C9H20N2O2/c1-4-11-8(13)5-10-6-9(2,3)7-12/h10,12H,4-7H2,1-3H3,(H,11,13). The van der Waals surface area contributed by atoms with E-state index in [0.29, 0.717) is 19.6 Å². The molecule has 0 bridgehead atoms. The van der Waals surface area contributed by atoms with Crippen LogP contribution in [0.15, 0.2) is 0 Å². The lowest BCUT2D eigenvalue weighted by Crippen LogP contribution is -2.39. The molecule has 13 heavy (non-hydrogen) atoms. The number of hydrogen-bond donors (Lipinski definition) is 3. The second-order valence-corrected chi connectivity index (χ2v) is 3.88. The Bertz CT molecular complexity index is 158. The smallest absolute Gasteiger partial charge is 0.233 e. The number of likely N-dealkylation sites (N-methyl/N-ethyl adjacent to an activating group) is 1. The first-order chi connectivity index (χ1) is 6.02. The van der Waals surface area contributed by atoms with Crippen molar-refractivity contribution in [3.05, 3.63) is 0 Å². The fraction of sp³-hybridized carbons (Fsp3) is 0.889. The second kappa shape index (κ2) is 5.94. The first kappa shape index (κ1) is 12.4. The van der Waals surface area contributed by atoms with Crippen LogP contribution in [0.25, 0.3) is 0 Å². The third-order valence-corrected chi connectivity index (χ3v) is 1.69. The molecule has 78 valence electrons. The van der Waals surface area contributed by atoms with Crippen LogP contribution >= 0.6 is 0 Å². The third-order valence-electron chi connectivity index (χ3n) is 1.69. The van der Waals surface area contributed by atoms with E-state index < -0.39 is 0 Å². The molecule has 4 heteroatoms. The number of hydrogen-bond acceptors (Lipinski definition) is 3. The molecule has 0 aromatic heterocycles. The Morgan fingerprint density at radius 2 is 2.08 bits per heavy atom. The van der Waals surface area contributed by atoms with E-state index in [-0.39, 0.29) is 17.9 Å². The fourth-order valence-electron chi connectivity index (χ4n) is 0.830. The molecule has 0 fully saturated rings. The molecular weight excluding hydrogens is 168 g/mol. The summed E-state index contributed by atoms with van der Waals surface area (Å²) in [4.78, 5) is 11.0. The number of aliphatic hydroxyl groups excluding tert-OH is 1. The summed E-state index contributed by atoms with van der Waals surface area (Å²) in [5, 5.41) is 14.6. The molecule has 3 N–H and O–H groups in total. The average molecular weight is 188 g/mol. The number of aliphatic hydroxyl groups is 1. The highest BCUT2D eigenvalue weighted by Gasteiger charge is 2.15. The van der Waals surface area contributed by atoms with Gasteiger partial charge in [-0.2, -0.15) is 0 Å². The summed E-state index contributed by atoms with van der Waals surface area (Å²) in [7, 11) is 0. The van der Waals surface area contributed by atoms with Gasteiger partial charge in [0.2, 0.25) is 5.91 Å². The molecule has 0 aliphatic heterocycles. The Labute approximate surface area is 79.7 Å². The number of carbonyl (C=O) groups is 1. The van der Waals surface area contributed by atoms with E-state index in [9.17, 15) is 4.79 Å². The van der Waals surface area contributed by atoms with Gasteiger partial charge in [0, 0.05) is 25.1 Å². The van der Waals surface area contributed by atoms with Crippen LogP contribution in [-0.2, 0) is 4.79 Å². The molecule has 0 atom stereocenters. The highest BCUT2D eigenvalue weighted by atomic mass is 16.3. The molecule has 0 aromatic carbocycles. The van der Waals surface area contributed by atoms with E-state index >= 15 is 0 Å². The molecule has 0 heterocycles. The predicted octanol–water partition coefficient (Wildman–Crippen LogP) is -0.269. The molecule has 0 aromatic rings. The molecule has 4 nitrogen and oxygen atoms in total. The van der Waals surface area contributed by atoms with Crippen molar-refractivity contribution in [1.29, 1.82) is 0 Å². The van der Waals surface area contributed by atoms with Crippen molar-refractivity contribution in [2.75, 3.05) is 26.2 Å². The van der Waals surface area contributed by atoms with Gasteiger partial charge >= 0.3 is 0 Å². The van der Waals surface area contributed by atoms with Crippen molar-refractivity contribution < 1.29 is 9.90 Å². The minimum atomic E-state index is -0.160. The van der Waals surface area contributed by atoms with Crippen molar-refractivity contribution in [2.45, 2.75) is 20.8 Å². The summed E-state index contributed by atoms with van der Waals surface area (Å²) in [6.07, 6.45) is 0. The van der Waals surface area contributed by atoms with Crippen molar-refractivity contribution in [2.24, 2.45) is 5.41 Å². The maximum atomic E-state index is 11.0. The van der Waals surface area contributed by atoms with Gasteiger partial charge in [-0.05, 0) is 6.92 Å². The highest BCUT2D eigenvalue weighted by Crippen LogP contribution is 2.10. The molecular formula is C9H20N2O2. The quantitative estimate of drug-likeness (QED) is 0.538. The summed E-state index contributed by atoms with van der Waals surface area (Å²) in [5.41, 5.74) is -0.160. The van der Waals surface area contributed by atoms with Crippen LogP contribution in [0, 0.1) is 5.41 Å². The molecule has 0 aliphatic rings. The lowest BCUT2D eigenvalue weighted by atomic mass is 9.95. The Morgan fingerprint density at radius 1 is 1.46 bits per heavy atom. The van der Waals surface area contributed by atoms with Gasteiger partial charge in [-0.3, -0.25) is 4.79 Å². The van der Waals surface area contributed by atoms with Crippen LogP contribution in [0.3, 0.4) is 0 Å². The van der Waals surface area contributed by atoms with Gasteiger partial charge in [-0.1, -0.05) is 13.8 Å². The monoisotopic (exact) mass is 188 g/mol. The maximum Gasteiger partial charge on any atom is 0.233 e. The predicted molar refractivity (Wildman–Crippen MR) is 52.4 cm³/mol. The number of carbonyl (C=O) groups excluding carboxylic acids is 1. The minimum Gasteiger partial charge on any atom is -0.396 e. The zero-order valence-corrected chi connectivity index (χ0v) is 8.68. The summed E-state index contributed by atoms with van der Waals surface area (Å²) >= 11 is 0. The maximum absolute atomic E-state index is 11.0. The van der Waals surface area contributed by atoms with Gasteiger partial charge in [0.25, 0.3) is 0 Å². The van der Waals surface area contributed by atoms with E-state index in [1.807, 2.05) is 20.8 Å². The Kier molecular flexibility index (Phi) is 5.66. The van der Waals surface area contributed by atoms with E-state index in [2.05, 4.69) is 10.6 Å². The number of amides is 1. The lowest BCUT2D eigenvalue weighted by Gasteiger charge is -2.21. The summed E-state index contributed by atoms with van der Waals surface area (Å²) in [6, 6.07) is 0. The Hall–Kier alpha value is -0.610. The van der Waals surface area contributed by atoms with Crippen molar-refractivity contribution in [3.63, 3.8) is 0 Å². The topological polar surface area (TPSA) is 61.4 Å². The normalized spacial score (nSPS) is 11.4. The summed E-state index contributed by atoms with van der Waals surface area (Å²) < 4.78 is 0. The van der Waals surface area contributed by atoms with Crippen molar-refractivity contribution in [1.82, 2.24) is 10.6 Å². The van der Waals surface area contributed by atoms with Gasteiger partial charge in [-0.25, -0.2) is 0 Å². The van der Waals surface area contributed by atoms with E-state index in [0.717, 1.165) is 0 Å². The first-order valence-electron chi connectivity index (χ1n) is 4.60. The molecule has 0 radical (unpaired) electrons. The number of nitrogens with one attached hydrogen (secondary N) is 2. The van der Waals surface area contributed by atoms with E-state index in [1.54, 1.807) is 0 Å². The molecule has 0 saturated heterocycles. The summed E-state index contributed by atoms with van der Waals surface area (Å²) in [6.45, 7) is 7.50. The number of rotatable bonds is 6. The van der Waals surface area contributed by atoms with Gasteiger partial charge in [0.15, 0.2) is 0 Å². The Morgan fingerprint density at radius 3 is 2.54 bits per heavy atom. The highest BCUT2D eigenvalue weighted by molar-refractivity contribution is 5.77. The Balaban J connectivity index is 3.50. The average Bonchev–Trinajstić information content (AvgIpc) is 2.05. The SMILES string of the molecule is CCNC(=O)CNCC(C)(C)CO. The van der Waals surface area contributed by atoms with Gasteiger partial charge in [0.1, 0.15) is 0 Å². The van der Waals surface area contributed by atoms with E-state index in [1.165, 1.54) is 0 Å². The van der Waals surface area contributed by atoms with Crippen LogP contribution < -0.4 is 10.6 Å². The fourth-order valence-corrected chi connectivity index (χ4v) is 0.830. The van der Waals surface area contributed by atoms with Crippen LogP contribution in [0.1, 0.15) is 20.8 Å². The van der Waals surface area contributed by atoms with Crippen molar-refractivity contribution in [3.8, 4) is 0 Å². The zero-order chi connectivity index (χ0) is 10.3. The van der Waals surface area contributed by atoms with Gasteiger partial charge in [-0.15, -0.1) is 0 Å². The van der Waals surface area contributed by atoms with Crippen molar-refractivity contribution >= 4 is 5.91 Å². The molecule has 1 amide bonds. The van der Waals surface area contributed by atoms with Gasteiger partial charge in [0.05, 0.1) is 6.54 Å². The molecule has 0 aliphatic carbocycles. The van der Waals surface area contributed by atoms with E-state index in [4.69, 9.17) is 5.11 Å². The lowest BCUT2D eigenvalue weighted by molar-refractivity contribution is -0.120. The molecule has 0 rings (SSSR count). The zero-order valence-electron chi connectivity index (χ0n) is 8.68. The molecule has 0 spiro atoms. The second-order valence-electron chi connectivity index (χ2n) is 3.88. The van der Waals surface area contributed by atoms with Crippen LogP contribution in [0.2, 0.25) is 0 Å². The van der Waals surface area contributed by atoms with Gasteiger partial charge < -0.3 is 15.7 Å². The van der Waals surface area contributed by atoms with Crippen LogP contribution in [0.5, 0.6) is 0 Å². The largest absolute Gasteiger partial charge is 0.396 e. The third kappa shape index (κ3) is 6.54. The van der Waals surface area contributed by atoms with Crippen LogP contribution in [-0.4, -0.2) is 37.3 Å². The first-order valence-corrected chi connectivity index (χ1v) is 4.60. The molecule has 0 saturated carbocycles. The molecule has 0 unspecified atom stereocenters. The van der Waals surface area contributed by atoms with Crippen LogP contribution in [0.4, 0.5) is 0 Å². The minimum absolute atomic E-state index is 0.00348. The summed E-state index contributed by atoms with van der Waals surface area (Å²) in [5.74, 6) is -0.00348.